The summed E-state index contributed by atoms with van der Waals surface area (Å²) in [5.41, 5.74) is 3.04. The molecule has 0 aliphatic carbocycles. The smallest absolute Gasteiger partial charge is 0.321 e. The van der Waals surface area contributed by atoms with Crippen LogP contribution in [0.5, 0.6) is 0 Å². The number of benzene rings is 1. The molecule has 0 aromatic heterocycles. The van der Waals surface area contributed by atoms with E-state index in [1.54, 1.807) is 7.11 Å². The number of rotatable bonds is 6. The van der Waals surface area contributed by atoms with Crippen molar-refractivity contribution in [3.05, 3.63) is 29.3 Å². The highest BCUT2D eigenvalue weighted by Crippen LogP contribution is 2.22. The zero-order chi connectivity index (χ0) is 17.5. The molecule has 134 valence electrons. The van der Waals surface area contributed by atoms with Crippen molar-refractivity contribution in [1.82, 2.24) is 4.90 Å². The van der Waals surface area contributed by atoms with E-state index < -0.39 is 0 Å². The predicted molar refractivity (Wildman–Crippen MR) is 96.3 cm³/mol. The Morgan fingerprint density at radius 1 is 1.42 bits per heavy atom. The van der Waals surface area contributed by atoms with E-state index in [-0.39, 0.29) is 12.1 Å². The Morgan fingerprint density at radius 2 is 2.21 bits per heavy atom. The molecule has 0 unspecified atom stereocenters. The molecule has 2 amide bonds. The van der Waals surface area contributed by atoms with Gasteiger partial charge < -0.3 is 19.7 Å². The number of carbonyl (C=O) groups is 1. The molecule has 0 radical (unpaired) electrons. The van der Waals surface area contributed by atoms with Crippen LogP contribution in [0.4, 0.5) is 10.5 Å². The van der Waals surface area contributed by atoms with Gasteiger partial charge in [-0.15, -0.1) is 0 Å². The Hall–Kier alpha value is -1.59. The largest absolute Gasteiger partial charge is 0.384 e. The molecule has 1 fully saturated rings. The molecule has 24 heavy (non-hydrogen) atoms. The van der Waals surface area contributed by atoms with Gasteiger partial charge in [-0.2, -0.15) is 0 Å². The van der Waals surface area contributed by atoms with Crippen molar-refractivity contribution in [2.75, 3.05) is 32.1 Å². The van der Waals surface area contributed by atoms with E-state index in [1.165, 1.54) is 0 Å². The van der Waals surface area contributed by atoms with E-state index >= 15 is 0 Å². The average Bonchev–Trinajstić information content (AvgIpc) is 2.56. The maximum Gasteiger partial charge on any atom is 0.321 e. The molecule has 1 aromatic carbocycles. The maximum absolute atomic E-state index is 12.6. The lowest BCUT2D eigenvalue weighted by Gasteiger charge is -2.32. The summed E-state index contributed by atoms with van der Waals surface area (Å²) < 4.78 is 10.9. The number of likely N-dealkylation sites (tertiary alicyclic amines) is 1. The Labute approximate surface area is 145 Å². The van der Waals surface area contributed by atoms with Crippen molar-refractivity contribution >= 4 is 11.7 Å². The van der Waals surface area contributed by atoms with Crippen LogP contribution >= 0.6 is 0 Å². The van der Waals surface area contributed by atoms with Gasteiger partial charge in [0.1, 0.15) is 0 Å². The molecule has 5 heteroatoms. The van der Waals surface area contributed by atoms with Gasteiger partial charge in [0.25, 0.3) is 0 Å². The molecule has 1 N–H and O–H groups in total. The molecule has 1 atom stereocenters. The van der Waals surface area contributed by atoms with Crippen molar-refractivity contribution in [3.8, 4) is 0 Å². The molecule has 1 heterocycles. The zero-order valence-electron chi connectivity index (χ0n) is 15.3. The number of urea groups is 1. The normalized spacial score (nSPS) is 18.0. The molecule has 1 aliphatic rings. The number of piperidine rings is 1. The molecule has 0 saturated carbocycles. The van der Waals surface area contributed by atoms with Gasteiger partial charge in [-0.1, -0.05) is 12.1 Å². The molecule has 2 rings (SSSR count). The third-order valence-corrected chi connectivity index (χ3v) is 4.47. The van der Waals surface area contributed by atoms with Crippen LogP contribution in [-0.4, -0.2) is 43.8 Å². The van der Waals surface area contributed by atoms with Gasteiger partial charge in [-0.25, -0.2) is 4.79 Å². The topological polar surface area (TPSA) is 50.8 Å². The minimum Gasteiger partial charge on any atom is -0.384 e. The summed E-state index contributed by atoms with van der Waals surface area (Å²) in [7, 11) is 1.72. The summed E-state index contributed by atoms with van der Waals surface area (Å²) >= 11 is 0. The quantitative estimate of drug-likeness (QED) is 0.860. The van der Waals surface area contributed by atoms with Crippen LogP contribution in [0.1, 0.15) is 37.8 Å². The van der Waals surface area contributed by atoms with Gasteiger partial charge in [0.2, 0.25) is 0 Å². The fourth-order valence-electron chi connectivity index (χ4n) is 3.05. The number of ether oxygens (including phenoxy) is 2. The number of nitrogens with one attached hydrogen (secondary N) is 1. The van der Waals surface area contributed by atoms with Crippen molar-refractivity contribution in [2.24, 2.45) is 5.92 Å². The minimum absolute atomic E-state index is 0.0270. The lowest BCUT2D eigenvalue weighted by atomic mass is 9.99. The first kappa shape index (κ1) is 18.7. The molecular weight excluding hydrogens is 304 g/mol. The highest BCUT2D eigenvalue weighted by Gasteiger charge is 2.24. The number of nitrogens with zero attached hydrogens (tertiary/aromatic N) is 1. The van der Waals surface area contributed by atoms with Crippen LogP contribution in [0.15, 0.2) is 18.2 Å². The van der Waals surface area contributed by atoms with Gasteiger partial charge in [0, 0.05) is 31.8 Å². The minimum atomic E-state index is -0.0270. The highest BCUT2D eigenvalue weighted by atomic mass is 16.5. The van der Waals surface area contributed by atoms with Crippen molar-refractivity contribution < 1.29 is 14.3 Å². The lowest BCUT2D eigenvalue weighted by Crippen LogP contribution is -2.43. The summed E-state index contributed by atoms with van der Waals surface area (Å²) in [5, 5.41) is 3.06. The van der Waals surface area contributed by atoms with Gasteiger partial charge in [0.05, 0.1) is 19.3 Å². The molecule has 5 nitrogen and oxygen atoms in total. The Morgan fingerprint density at radius 3 is 2.92 bits per heavy atom. The number of carbonyl (C=O) groups excluding carboxylic acids is 1. The van der Waals surface area contributed by atoms with E-state index in [0.29, 0.717) is 19.1 Å². The lowest BCUT2D eigenvalue weighted by molar-refractivity contribution is 0.0654. The van der Waals surface area contributed by atoms with Gasteiger partial charge in [0.15, 0.2) is 0 Å². The predicted octanol–water partition coefficient (Wildman–Crippen LogP) is 3.81. The second-order valence-electron chi connectivity index (χ2n) is 6.79. The standard InChI is InChI=1S/C19H30N2O3/c1-14(2)24-13-17-8-5-9-18(15(17)3)20-19(22)21-10-6-7-16(11-21)12-23-4/h5,8-9,14,16H,6-7,10-13H2,1-4H3,(H,20,22)/t16-/m1/s1. The molecule has 0 bridgehead atoms. The van der Waals surface area contributed by atoms with Crippen LogP contribution in [0.3, 0.4) is 0 Å². The summed E-state index contributed by atoms with van der Waals surface area (Å²) in [5.74, 6) is 0.432. The van der Waals surface area contributed by atoms with Crippen LogP contribution in [0.25, 0.3) is 0 Å². The molecule has 1 aromatic rings. The fraction of sp³-hybridized carbons (Fsp3) is 0.632. The third kappa shape index (κ3) is 5.21. The van der Waals surface area contributed by atoms with E-state index in [2.05, 4.69) is 5.32 Å². The average molecular weight is 334 g/mol. The van der Waals surface area contributed by atoms with E-state index in [0.717, 1.165) is 42.7 Å². The third-order valence-electron chi connectivity index (χ3n) is 4.47. The van der Waals surface area contributed by atoms with Crippen molar-refractivity contribution in [2.45, 2.75) is 46.3 Å². The molecule has 1 saturated heterocycles. The first-order valence-electron chi connectivity index (χ1n) is 8.76. The fourth-order valence-corrected chi connectivity index (χ4v) is 3.05. The SMILES string of the molecule is COC[C@@H]1CCCN(C(=O)Nc2cccc(COC(C)C)c2C)C1. The number of hydrogen-bond donors (Lipinski definition) is 1. The van der Waals surface area contributed by atoms with Gasteiger partial charge in [-0.05, 0) is 50.8 Å². The summed E-state index contributed by atoms with van der Waals surface area (Å²) in [6, 6.07) is 5.93. The van der Waals surface area contributed by atoms with Crippen LogP contribution < -0.4 is 5.32 Å². The Balaban J connectivity index is 1.99. The second-order valence-corrected chi connectivity index (χ2v) is 6.79. The van der Waals surface area contributed by atoms with Gasteiger partial charge >= 0.3 is 6.03 Å². The van der Waals surface area contributed by atoms with Crippen LogP contribution in [-0.2, 0) is 16.1 Å². The number of amides is 2. The Bertz CT molecular complexity index is 543. The number of anilines is 1. The number of hydrogen-bond acceptors (Lipinski definition) is 3. The highest BCUT2D eigenvalue weighted by molar-refractivity contribution is 5.90. The Kier molecular flexibility index (Phi) is 7.06. The maximum atomic E-state index is 12.6. The second kappa shape index (κ2) is 9.04. The molecule has 0 spiro atoms. The van der Waals surface area contributed by atoms with Crippen LogP contribution in [0, 0.1) is 12.8 Å². The number of methoxy groups -OCH3 is 1. The van der Waals surface area contributed by atoms with Gasteiger partial charge in [-0.3, -0.25) is 0 Å². The van der Waals surface area contributed by atoms with E-state index in [9.17, 15) is 4.79 Å². The van der Waals surface area contributed by atoms with E-state index in [4.69, 9.17) is 9.47 Å². The first-order valence-corrected chi connectivity index (χ1v) is 8.76. The summed E-state index contributed by atoms with van der Waals surface area (Å²) in [4.78, 5) is 14.5. The molecule has 1 aliphatic heterocycles. The molecular formula is C19H30N2O3. The first-order chi connectivity index (χ1) is 11.5. The van der Waals surface area contributed by atoms with Crippen molar-refractivity contribution in [3.63, 3.8) is 0 Å². The van der Waals surface area contributed by atoms with Crippen LogP contribution in [0.2, 0.25) is 0 Å². The summed E-state index contributed by atoms with van der Waals surface area (Å²) in [6.45, 7) is 8.91. The van der Waals surface area contributed by atoms with E-state index in [1.807, 2.05) is 43.9 Å². The zero-order valence-corrected chi connectivity index (χ0v) is 15.3. The monoisotopic (exact) mass is 334 g/mol. The van der Waals surface area contributed by atoms with Crippen molar-refractivity contribution in [1.29, 1.82) is 0 Å². The summed E-state index contributed by atoms with van der Waals surface area (Å²) in [6.07, 6.45) is 2.34.